The van der Waals surface area contributed by atoms with Crippen LogP contribution in [0.2, 0.25) is 10.0 Å². The number of aromatic nitrogens is 4. The molecule has 6 nitrogen and oxygen atoms in total. The van der Waals surface area contributed by atoms with Crippen LogP contribution in [-0.2, 0) is 11.2 Å². The van der Waals surface area contributed by atoms with E-state index in [0.29, 0.717) is 33.1 Å². The van der Waals surface area contributed by atoms with Gasteiger partial charge in [-0.3, -0.25) is 4.79 Å². The monoisotopic (exact) mass is 503 g/mol. The van der Waals surface area contributed by atoms with Crippen LogP contribution in [0.3, 0.4) is 0 Å². The summed E-state index contributed by atoms with van der Waals surface area (Å²) in [6.07, 6.45) is 0.490. The van der Waals surface area contributed by atoms with Crippen LogP contribution < -0.4 is 5.32 Å². The summed E-state index contributed by atoms with van der Waals surface area (Å²) < 4.78 is 15.0. The molecule has 33 heavy (non-hydrogen) atoms. The number of carbonyl (C=O) groups excluding carboxylic acids is 1. The summed E-state index contributed by atoms with van der Waals surface area (Å²) in [6.45, 7) is 5.66. The van der Waals surface area contributed by atoms with Crippen molar-refractivity contribution >= 4 is 52.3 Å². The number of carbonyl (C=O) groups is 1. The van der Waals surface area contributed by atoms with E-state index in [0.717, 1.165) is 28.1 Å². The van der Waals surface area contributed by atoms with Gasteiger partial charge in [0.15, 0.2) is 0 Å². The summed E-state index contributed by atoms with van der Waals surface area (Å²) in [4.78, 5) is 21.4. The van der Waals surface area contributed by atoms with Crippen molar-refractivity contribution in [1.29, 1.82) is 0 Å². The van der Waals surface area contributed by atoms with Crippen molar-refractivity contribution in [2.24, 2.45) is 0 Å². The van der Waals surface area contributed by atoms with Crippen LogP contribution in [-0.4, -0.2) is 31.2 Å². The molecule has 170 valence electrons. The predicted molar refractivity (Wildman–Crippen MR) is 130 cm³/mol. The average molecular weight is 504 g/mol. The van der Waals surface area contributed by atoms with Crippen molar-refractivity contribution in [2.75, 3.05) is 11.1 Å². The number of nitrogens with zero attached hydrogens (tertiary/aromatic N) is 4. The van der Waals surface area contributed by atoms with E-state index < -0.39 is 0 Å². The van der Waals surface area contributed by atoms with Crippen LogP contribution in [0.15, 0.2) is 41.6 Å². The third-order valence-corrected chi connectivity index (χ3v) is 6.88. The fraction of sp³-hybridized carbons (Fsp3) is 0.217. The van der Waals surface area contributed by atoms with E-state index in [1.165, 1.54) is 23.9 Å². The van der Waals surface area contributed by atoms with Crippen molar-refractivity contribution in [3.05, 3.63) is 80.3 Å². The first-order valence-electron chi connectivity index (χ1n) is 10.1. The molecule has 0 aliphatic carbocycles. The van der Waals surface area contributed by atoms with Gasteiger partial charge in [0.05, 0.1) is 5.75 Å². The van der Waals surface area contributed by atoms with Crippen LogP contribution in [0, 0.1) is 26.6 Å². The minimum absolute atomic E-state index is 0.138. The molecule has 4 aromatic rings. The fourth-order valence-electron chi connectivity index (χ4n) is 3.42. The van der Waals surface area contributed by atoms with Gasteiger partial charge in [0, 0.05) is 33.5 Å². The lowest BCUT2D eigenvalue weighted by atomic mass is 10.0. The molecule has 2 heterocycles. The van der Waals surface area contributed by atoms with Crippen LogP contribution in [0.4, 0.5) is 10.1 Å². The summed E-state index contributed by atoms with van der Waals surface area (Å²) in [6, 6.07) is 9.72. The number of amides is 1. The highest BCUT2D eigenvalue weighted by Gasteiger charge is 2.16. The van der Waals surface area contributed by atoms with Crippen molar-refractivity contribution in [1.82, 2.24) is 19.6 Å². The molecular formula is C23H20Cl2FN5OS. The number of anilines is 1. The van der Waals surface area contributed by atoms with E-state index in [9.17, 15) is 9.18 Å². The molecule has 0 saturated carbocycles. The standard InChI is InChI=1S/C23H20Cl2FN5OS/c1-12-18(24)5-4-6-20(12)28-21(32)11-33-23-29-22-27-13(2)17(14(3)31(22)30-23)9-15-7-8-16(26)10-19(15)25/h4-8,10H,9,11H2,1-3H3,(H,28,32). The normalized spacial score (nSPS) is 11.2. The Morgan fingerprint density at radius 2 is 1.91 bits per heavy atom. The summed E-state index contributed by atoms with van der Waals surface area (Å²) in [5, 5.41) is 8.78. The SMILES string of the molecule is Cc1nc2nc(SCC(=O)Nc3cccc(Cl)c3C)nn2c(C)c1Cc1ccc(F)cc1Cl. The highest BCUT2D eigenvalue weighted by atomic mass is 35.5. The molecule has 0 aliphatic rings. The summed E-state index contributed by atoms with van der Waals surface area (Å²) >= 11 is 13.5. The van der Waals surface area contributed by atoms with E-state index in [1.807, 2.05) is 20.8 Å². The number of fused-ring (bicyclic) bond motifs is 1. The van der Waals surface area contributed by atoms with Crippen LogP contribution in [0.1, 0.15) is 28.1 Å². The van der Waals surface area contributed by atoms with E-state index in [4.69, 9.17) is 23.2 Å². The molecule has 0 radical (unpaired) electrons. The zero-order valence-electron chi connectivity index (χ0n) is 18.1. The van der Waals surface area contributed by atoms with Gasteiger partial charge < -0.3 is 5.32 Å². The molecule has 0 spiro atoms. The summed E-state index contributed by atoms with van der Waals surface area (Å²) in [5.41, 5.74) is 4.87. The highest BCUT2D eigenvalue weighted by Crippen LogP contribution is 2.26. The summed E-state index contributed by atoms with van der Waals surface area (Å²) in [7, 11) is 0. The van der Waals surface area contributed by atoms with Gasteiger partial charge in [-0.2, -0.15) is 4.98 Å². The lowest BCUT2D eigenvalue weighted by Gasteiger charge is -2.11. The van der Waals surface area contributed by atoms with Gasteiger partial charge in [-0.15, -0.1) is 5.10 Å². The first-order chi connectivity index (χ1) is 15.7. The third kappa shape index (κ3) is 5.13. The van der Waals surface area contributed by atoms with Gasteiger partial charge in [-0.1, -0.05) is 47.1 Å². The molecular weight excluding hydrogens is 484 g/mol. The summed E-state index contributed by atoms with van der Waals surface area (Å²) in [5.74, 6) is 0.0291. The van der Waals surface area contributed by atoms with Gasteiger partial charge in [-0.05, 0) is 61.7 Å². The van der Waals surface area contributed by atoms with Crippen LogP contribution >= 0.6 is 35.0 Å². The van der Waals surface area contributed by atoms with Crippen LogP contribution in [0.5, 0.6) is 0 Å². The van der Waals surface area contributed by atoms with Gasteiger partial charge in [0.1, 0.15) is 5.82 Å². The Balaban J connectivity index is 1.51. The lowest BCUT2D eigenvalue weighted by molar-refractivity contribution is -0.113. The first-order valence-corrected chi connectivity index (χ1v) is 11.8. The molecule has 4 rings (SSSR count). The maximum Gasteiger partial charge on any atom is 0.253 e. The van der Waals surface area contributed by atoms with E-state index in [-0.39, 0.29) is 17.5 Å². The molecule has 10 heteroatoms. The number of hydrogen-bond acceptors (Lipinski definition) is 5. The zero-order chi connectivity index (χ0) is 23.7. The number of benzene rings is 2. The van der Waals surface area contributed by atoms with Crippen molar-refractivity contribution in [3.8, 4) is 0 Å². The Bertz CT molecular complexity index is 1370. The molecule has 1 amide bonds. The van der Waals surface area contributed by atoms with Crippen molar-refractivity contribution in [2.45, 2.75) is 32.3 Å². The molecule has 1 N–H and O–H groups in total. The Kier molecular flexibility index (Phi) is 6.88. The quantitative estimate of drug-likeness (QED) is 0.335. The van der Waals surface area contributed by atoms with Gasteiger partial charge in [0.25, 0.3) is 5.78 Å². The molecule has 0 fully saturated rings. The molecule has 0 bridgehead atoms. The second-order valence-electron chi connectivity index (χ2n) is 7.53. The largest absolute Gasteiger partial charge is 0.325 e. The molecule has 0 aliphatic heterocycles. The topological polar surface area (TPSA) is 72.2 Å². The predicted octanol–water partition coefficient (Wildman–Crippen LogP) is 5.82. The second-order valence-corrected chi connectivity index (χ2v) is 9.29. The Labute approximate surface area is 204 Å². The van der Waals surface area contributed by atoms with Crippen molar-refractivity contribution < 1.29 is 9.18 Å². The molecule has 2 aromatic heterocycles. The van der Waals surface area contributed by atoms with E-state index in [1.54, 1.807) is 28.8 Å². The Morgan fingerprint density at radius 3 is 2.67 bits per heavy atom. The van der Waals surface area contributed by atoms with E-state index >= 15 is 0 Å². The maximum absolute atomic E-state index is 13.4. The van der Waals surface area contributed by atoms with Gasteiger partial charge in [-0.25, -0.2) is 13.9 Å². The minimum Gasteiger partial charge on any atom is -0.325 e. The highest BCUT2D eigenvalue weighted by molar-refractivity contribution is 7.99. The Morgan fingerprint density at radius 1 is 1.12 bits per heavy atom. The molecule has 0 atom stereocenters. The van der Waals surface area contributed by atoms with E-state index in [2.05, 4.69) is 20.4 Å². The van der Waals surface area contributed by atoms with Gasteiger partial charge >= 0.3 is 0 Å². The number of rotatable bonds is 6. The number of hydrogen-bond donors (Lipinski definition) is 1. The molecule has 2 aromatic carbocycles. The molecule has 0 unspecified atom stereocenters. The van der Waals surface area contributed by atoms with Gasteiger partial charge in [0.2, 0.25) is 11.1 Å². The minimum atomic E-state index is -0.377. The maximum atomic E-state index is 13.4. The number of halogens is 3. The number of nitrogens with one attached hydrogen (secondary N) is 1. The lowest BCUT2D eigenvalue weighted by Crippen LogP contribution is -2.15. The number of aryl methyl sites for hydroxylation is 2. The third-order valence-electron chi connectivity index (χ3n) is 5.29. The Hall–Kier alpha value is -2.68. The second kappa shape index (κ2) is 9.67. The fourth-order valence-corrected chi connectivity index (χ4v) is 4.45. The average Bonchev–Trinajstić information content (AvgIpc) is 3.17. The number of thioether (sulfide) groups is 1. The smallest absolute Gasteiger partial charge is 0.253 e. The molecule has 0 saturated heterocycles. The zero-order valence-corrected chi connectivity index (χ0v) is 20.4. The van der Waals surface area contributed by atoms with Crippen LogP contribution in [0.25, 0.3) is 5.78 Å². The van der Waals surface area contributed by atoms with Crippen molar-refractivity contribution in [3.63, 3.8) is 0 Å². The first kappa shape index (κ1) is 23.5.